The fraction of sp³-hybridized carbons (Fsp3) is 0.250. The third-order valence-corrected chi connectivity index (χ3v) is 4.87. The van der Waals surface area contributed by atoms with E-state index in [2.05, 4.69) is 5.32 Å². The zero-order valence-electron chi connectivity index (χ0n) is 11.5. The van der Waals surface area contributed by atoms with Gasteiger partial charge in [-0.3, -0.25) is 9.59 Å². The molecule has 0 atom stereocenters. The molecule has 1 aromatic heterocycles. The van der Waals surface area contributed by atoms with Crippen LogP contribution in [0.5, 0.6) is 0 Å². The van der Waals surface area contributed by atoms with Crippen LogP contribution in [0, 0.1) is 0 Å². The van der Waals surface area contributed by atoms with E-state index in [4.69, 9.17) is 5.73 Å². The standard InChI is InChI=1S/C16H16N2O2S/c17-15(19)12-5-1-3-10(7-12)9-18-16(20)14-8-11-4-2-6-13(11)21-14/h1,3,5,7-8H,2,4,6,9H2,(H2,17,19)(H,18,20). The van der Waals surface area contributed by atoms with Crippen LogP contribution in [0.25, 0.3) is 0 Å². The van der Waals surface area contributed by atoms with Crippen molar-refractivity contribution >= 4 is 23.2 Å². The molecule has 0 spiro atoms. The number of amides is 2. The Bertz CT molecular complexity index is 685. The molecular formula is C16H16N2O2S. The molecule has 108 valence electrons. The minimum absolute atomic E-state index is 0.0566. The van der Waals surface area contributed by atoms with Crippen LogP contribution >= 0.6 is 11.3 Å². The number of hydrogen-bond acceptors (Lipinski definition) is 3. The number of hydrogen-bond donors (Lipinski definition) is 2. The van der Waals surface area contributed by atoms with Crippen molar-refractivity contribution in [1.29, 1.82) is 0 Å². The summed E-state index contributed by atoms with van der Waals surface area (Å²) in [5, 5.41) is 2.89. The highest BCUT2D eigenvalue weighted by Gasteiger charge is 2.18. The van der Waals surface area contributed by atoms with Crippen molar-refractivity contribution in [3.05, 3.63) is 56.8 Å². The maximum Gasteiger partial charge on any atom is 0.261 e. The van der Waals surface area contributed by atoms with Gasteiger partial charge in [0, 0.05) is 17.0 Å². The van der Waals surface area contributed by atoms with Gasteiger partial charge in [-0.05, 0) is 48.6 Å². The van der Waals surface area contributed by atoms with Gasteiger partial charge in [-0.15, -0.1) is 11.3 Å². The Hall–Kier alpha value is -2.14. The first-order chi connectivity index (χ1) is 10.1. The van der Waals surface area contributed by atoms with Gasteiger partial charge in [0.25, 0.3) is 5.91 Å². The minimum Gasteiger partial charge on any atom is -0.366 e. The van der Waals surface area contributed by atoms with E-state index >= 15 is 0 Å². The van der Waals surface area contributed by atoms with Gasteiger partial charge in [0.05, 0.1) is 4.88 Å². The molecule has 0 unspecified atom stereocenters. The van der Waals surface area contributed by atoms with E-state index < -0.39 is 5.91 Å². The summed E-state index contributed by atoms with van der Waals surface area (Å²) in [6.07, 6.45) is 3.37. The molecule has 2 amide bonds. The summed E-state index contributed by atoms with van der Waals surface area (Å²) in [6.45, 7) is 0.391. The summed E-state index contributed by atoms with van der Waals surface area (Å²) in [5.41, 5.74) is 7.89. The molecule has 0 bridgehead atoms. The Morgan fingerprint density at radius 3 is 2.86 bits per heavy atom. The second kappa shape index (κ2) is 5.69. The first kappa shape index (κ1) is 13.8. The van der Waals surface area contributed by atoms with Crippen molar-refractivity contribution in [3.63, 3.8) is 0 Å². The lowest BCUT2D eigenvalue weighted by Gasteiger charge is -2.05. The summed E-state index contributed by atoms with van der Waals surface area (Å²) in [4.78, 5) is 25.4. The number of nitrogens with one attached hydrogen (secondary N) is 1. The lowest BCUT2D eigenvalue weighted by atomic mass is 10.1. The molecule has 5 heteroatoms. The number of carbonyl (C=O) groups is 2. The maximum absolute atomic E-state index is 12.2. The van der Waals surface area contributed by atoms with Crippen molar-refractivity contribution in [3.8, 4) is 0 Å². The van der Waals surface area contributed by atoms with Crippen LogP contribution < -0.4 is 11.1 Å². The highest BCUT2D eigenvalue weighted by Crippen LogP contribution is 2.30. The highest BCUT2D eigenvalue weighted by molar-refractivity contribution is 7.14. The van der Waals surface area contributed by atoms with Crippen LogP contribution in [0.1, 0.15) is 42.5 Å². The van der Waals surface area contributed by atoms with Gasteiger partial charge in [0.2, 0.25) is 5.91 Å². The molecule has 3 N–H and O–H groups in total. The van der Waals surface area contributed by atoms with Gasteiger partial charge >= 0.3 is 0 Å². The van der Waals surface area contributed by atoms with Crippen LogP contribution in [0.2, 0.25) is 0 Å². The molecule has 1 aliphatic rings. The molecule has 0 saturated carbocycles. The Morgan fingerprint density at radius 2 is 2.10 bits per heavy atom. The number of nitrogens with two attached hydrogens (primary N) is 1. The summed E-state index contributed by atoms with van der Waals surface area (Å²) in [7, 11) is 0. The summed E-state index contributed by atoms with van der Waals surface area (Å²) >= 11 is 1.59. The van der Waals surface area contributed by atoms with Crippen LogP contribution in [0.4, 0.5) is 0 Å². The molecule has 2 aromatic rings. The third kappa shape index (κ3) is 2.97. The molecular weight excluding hydrogens is 284 g/mol. The van der Waals surface area contributed by atoms with Gasteiger partial charge in [-0.25, -0.2) is 0 Å². The predicted molar refractivity (Wildman–Crippen MR) is 82.5 cm³/mol. The fourth-order valence-corrected chi connectivity index (χ4v) is 3.71. The number of fused-ring (bicyclic) bond motifs is 1. The average Bonchev–Trinajstić information content (AvgIpc) is 3.06. The number of rotatable bonds is 4. The van der Waals surface area contributed by atoms with Crippen molar-refractivity contribution in [2.24, 2.45) is 5.73 Å². The van der Waals surface area contributed by atoms with E-state index in [0.717, 1.165) is 23.3 Å². The SMILES string of the molecule is NC(=O)c1cccc(CNC(=O)c2cc3c(s2)CCC3)c1. The predicted octanol–water partition coefficient (Wildman–Crippen LogP) is 2.27. The Kier molecular flexibility index (Phi) is 3.75. The third-order valence-electron chi connectivity index (χ3n) is 3.63. The van der Waals surface area contributed by atoms with Crippen LogP contribution in [0.15, 0.2) is 30.3 Å². The molecule has 1 heterocycles. The van der Waals surface area contributed by atoms with Gasteiger partial charge in [0.1, 0.15) is 0 Å². The van der Waals surface area contributed by atoms with Crippen LogP contribution in [-0.2, 0) is 19.4 Å². The Morgan fingerprint density at radius 1 is 1.24 bits per heavy atom. The zero-order chi connectivity index (χ0) is 14.8. The van der Waals surface area contributed by atoms with Crippen molar-refractivity contribution in [2.75, 3.05) is 0 Å². The fourth-order valence-electron chi connectivity index (χ4n) is 2.54. The van der Waals surface area contributed by atoms with Gasteiger partial charge < -0.3 is 11.1 Å². The molecule has 4 nitrogen and oxygen atoms in total. The second-order valence-corrected chi connectivity index (χ2v) is 6.30. The molecule has 0 aliphatic heterocycles. The molecule has 0 radical (unpaired) electrons. The van der Waals surface area contributed by atoms with Gasteiger partial charge in [0.15, 0.2) is 0 Å². The number of primary amides is 1. The number of carbonyl (C=O) groups excluding carboxylic acids is 2. The Balaban J connectivity index is 1.65. The maximum atomic E-state index is 12.2. The average molecular weight is 300 g/mol. The van der Waals surface area contributed by atoms with E-state index in [0.29, 0.717) is 12.1 Å². The van der Waals surface area contributed by atoms with Crippen molar-refractivity contribution < 1.29 is 9.59 Å². The lowest BCUT2D eigenvalue weighted by molar-refractivity contribution is 0.0954. The lowest BCUT2D eigenvalue weighted by Crippen LogP contribution is -2.22. The topological polar surface area (TPSA) is 72.2 Å². The monoisotopic (exact) mass is 300 g/mol. The highest BCUT2D eigenvalue weighted by atomic mass is 32.1. The number of aryl methyl sites for hydroxylation is 2. The van der Waals surface area contributed by atoms with Crippen molar-refractivity contribution in [1.82, 2.24) is 5.32 Å². The van der Waals surface area contributed by atoms with E-state index in [1.165, 1.54) is 16.9 Å². The molecule has 0 saturated heterocycles. The normalized spacial score (nSPS) is 13.0. The molecule has 1 aliphatic carbocycles. The van der Waals surface area contributed by atoms with Crippen molar-refractivity contribution in [2.45, 2.75) is 25.8 Å². The quantitative estimate of drug-likeness (QED) is 0.909. The second-order valence-electron chi connectivity index (χ2n) is 5.16. The first-order valence-corrected chi connectivity index (χ1v) is 7.73. The summed E-state index contributed by atoms with van der Waals surface area (Å²) in [6, 6.07) is 9.00. The minimum atomic E-state index is -0.460. The molecule has 0 fully saturated rings. The van der Waals surface area contributed by atoms with E-state index in [9.17, 15) is 9.59 Å². The van der Waals surface area contributed by atoms with E-state index in [1.54, 1.807) is 29.5 Å². The van der Waals surface area contributed by atoms with E-state index in [1.807, 2.05) is 12.1 Å². The first-order valence-electron chi connectivity index (χ1n) is 6.92. The number of thiophene rings is 1. The summed E-state index contributed by atoms with van der Waals surface area (Å²) < 4.78 is 0. The van der Waals surface area contributed by atoms with Gasteiger partial charge in [-0.1, -0.05) is 12.1 Å². The Labute approximate surface area is 127 Å². The summed E-state index contributed by atoms with van der Waals surface area (Å²) in [5.74, 6) is -0.517. The molecule has 1 aromatic carbocycles. The smallest absolute Gasteiger partial charge is 0.261 e. The molecule has 3 rings (SSSR count). The van der Waals surface area contributed by atoms with Gasteiger partial charge in [-0.2, -0.15) is 0 Å². The zero-order valence-corrected chi connectivity index (χ0v) is 12.3. The largest absolute Gasteiger partial charge is 0.366 e. The van der Waals surface area contributed by atoms with Crippen LogP contribution in [-0.4, -0.2) is 11.8 Å². The van der Waals surface area contributed by atoms with Crippen LogP contribution in [0.3, 0.4) is 0 Å². The van der Waals surface area contributed by atoms with E-state index in [-0.39, 0.29) is 5.91 Å². The molecule has 21 heavy (non-hydrogen) atoms. The number of benzene rings is 1.